The average molecular weight is 477 g/mol. The fourth-order valence-corrected chi connectivity index (χ4v) is 7.18. The molecule has 0 unspecified atom stereocenters. The Bertz CT molecular complexity index is 1220. The molecule has 3 aromatic rings. The van der Waals surface area contributed by atoms with Crippen LogP contribution in [0.1, 0.15) is 16.3 Å². The highest BCUT2D eigenvalue weighted by Crippen LogP contribution is 2.35. The molecule has 1 aliphatic rings. The number of aromatic nitrogens is 2. The van der Waals surface area contributed by atoms with Crippen LogP contribution in [0.2, 0.25) is 0 Å². The van der Waals surface area contributed by atoms with Crippen molar-refractivity contribution in [2.45, 2.75) is 30.7 Å². The second kappa shape index (κ2) is 8.85. The van der Waals surface area contributed by atoms with Gasteiger partial charge in [0, 0.05) is 36.4 Å². The number of nitrogens with zero attached hydrogens (tertiary/aromatic N) is 4. The molecular weight excluding hydrogens is 452 g/mol. The van der Waals surface area contributed by atoms with E-state index >= 15 is 0 Å². The first-order chi connectivity index (χ1) is 14.8. The summed E-state index contributed by atoms with van der Waals surface area (Å²) in [6.45, 7) is 7.37. The number of benzene rings is 1. The van der Waals surface area contributed by atoms with Gasteiger partial charge in [0.1, 0.15) is 15.7 Å². The predicted molar refractivity (Wildman–Crippen MR) is 124 cm³/mol. The molecule has 0 radical (unpaired) electrons. The van der Waals surface area contributed by atoms with Gasteiger partial charge in [-0.15, -0.1) is 11.3 Å². The van der Waals surface area contributed by atoms with Crippen LogP contribution in [0.5, 0.6) is 0 Å². The Hall–Kier alpha value is -2.01. The average Bonchev–Trinajstić information content (AvgIpc) is 3.05. The van der Waals surface area contributed by atoms with Crippen LogP contribution >= 0.6 is 23.1 Å². The van der Waals surface area contributed by atoms with Crippen LogP contribution < -0.4 is 0 Å². The monoisotopic (exact) mass is 476 g/mol. The summed E-state index contributed by atoms with van der Waals surface area (Å²) in [7, 11) is -3.52. The zero-order valence-corrected chi connectivity index (χ0v) is 20.1. The summed E-state index contributed by atoms with van der Waals surface area (Å²) in [5.41, 5.74) is 1.16. The Balaban J connectivity index is 1.40. The van der Waals surface area contributed by atoms with Crippen molar-refractivity contribution in [3.63, 3.8) is 0 Å². The van der Waals surface area contributed by atoms with Crippen molar-refractivity contribution in [1.82, 2.24) is 19.2 Å². The smallest absolute Gasteiger partial charge is 0.243 e. The molecule has 31 heavy (non-hydrogen) atoms. The van der Waals surface area contributed by atoms with Gasteiger partial charge in [-0.2, -0.15) is 4.31 Å². The summed E-state index contributed by atoms with van der Waals surface area (Å²) in [6, 6.07) is 8.42. The van der Waals surface area contributed by atoms with Crippen molar-refractivity contribution < 1.29 is 13.2 Å². The molecule has 1 fully saturated rings. The molecule has 2 aromatic heterocycles. The number of thioether (sulfide) groups is 1. The van der Waals surface area contributed by atoms with E-state index < -0.39 is 10.0 Å². The standard InChI is InChI=1S/C21H24N4O3S3/c1-14-15(2)30-21-19(14)20(22-16(3)23-21)29-13-18(26)24-9-11-25(12-10-24)31(27,28)17-7-5-4-6-8-17/h4-8H,9-13H2,1-3H3. The molecule has 0 atom stereocenters. The number of hydrogen-bond acceptors (Lipinski definition) is 7. The Labute approximate surface area is 190 Å². The molecule has 1 aromatic carbocycles. The molecule has 0 aliphatic carbocycles. The zero-order valence-electron chi connectivity index (χ0n) is 17.7. The topological polar surface area (TPSA) is 83.5 Å². The van der Waals surface area contributed by atoms with Crippen LogP contribution in [-0.4, -0.2) is 65.4 Å². The summed E-state index contributed by atoms with van der Waals surface area (Å²) < 4.78 is 27.0. The Kier molecular flexibility index (Phi) is 6.34. The van der Waals surface area contributed by atoms with Crippen molar-refractivity contribution in [3.05, 3.63) is 46.6 Å². The fourth-order valence-electron chi connectivity index (χ4n) is 3.56. The second-order valence-corrected chi connectivity index (χ2v) is 11.5. The highest BCUT2D eigenvalue weighted by Gasteiger charge is 2.30. The number of carbonyl (C=O) groups is 1. The van der Waals surface area contributed by atoms with Gasteiger partial charge in [-0.25, -0.2) is 18.4 Å². The van der Waals surface area contributed by atoms with E-state index in [2.05, 4.69) is 23.8 Å². The number of rotatable bonds is 5. The Morgan fingerprint density at radius 1 is 1.06 bits per heavy atom. The number of carbonyl (C=O) groups excluding carboxylic acids is 1. The zero-order chi connectivity index (χ0) is 22.2. The van der Waals surface area contributed by atoms with Gasteiger partial charge in [-0.05, 0) is 38.5 Å². The van der Waals surface area contributed by atoms with Gasteiger partial charge in [-0.1, -0.05) is 30.0 Å². The Morgan fingerprint density at radius 2 is 1.74 bits per heavy atom. The third-order valence-electron chi connectivity index (χ3n) is 5.41. The predicted octanol–water partition coefficient (Wildman–Crippen LogP) is 3.24. The van der Waals surface area contributed by atoms with Crippen molar-refractivity contribution >= 4 is 49.2 Å². The minimum absolute atomic E-state index is 0.00391. The van der Waals surface area contributed by atoms with Crippen LogP contribution in [0.15, 0.2) is 40.3 Å². The first-order valence-corrected chi connectivity index (χ1v) is 13.2. The molecule has 164 valence electrons. The molecule has 10 heteroatoms. The Morgan fingerprint density at radius 3 is 2.42 bits per heavy atom. The van der Waals surface area contributed by atoms with E-state index in [1.807, 2.05) is 6.92 Å². The molecular formula is C21H24N4O3S3. The number of fused-ring (bicyclic) bond motifs is 1. The minimum Gasteiger partial charge on any atom is -0.339 e. The molecule has 0 bridgehead atoms. The fraction of sp³-hybridized carbons (Fsp3) is 0.381. The lowest BCUT2D eigenvalue weighted by Gasteiger charge is -2.34. The van der Waals surface area contributed by atoms with E-state index in [0.717, 1.165) is 20.8 Å². The van der Waals surface area contributed by atoms with Crippen molar-refractivity contribution in [2.75, 3.05) is 31.9 Å². The van der Waals surface area contributed by atoms with Crippen LogP contribution in [0.3, 0.4) is 0 Å². The van der Waals surface area contributed by atoms with Gasteiger partial charge in [0.15, 0.2) is 0 Å². The summed E-state index contributed by atoms with van der Waals surface area (Å²) in [4.78, 5) is 26.1. The first kappa shape index (κ1) is 22.2. The lowest BCUT2D eigenvalue weighted by molar-refractivity contribution is -0.129. The summed E-state index contributed by atoms with van der Waals surface area (Å²) >= 11 is 3.08. The van der Waals surface area contributed by atoms with Crippen molar-refractivity contribution in [1.29, 1.82) is 0 Å². The van der Waals surface area contributed by atoms with Crippen LogP contribution in [-0.2, 0) is 14.8 Å². The largest absolute Gasteiger partial charge is 0.339 e. The van der Waals surface area contributed by atoms with E-state index in [1.165, 1.54) is 20.9 Å². The lowest BCUT2D eigenvalue weighted by atomic mass is 10.2. The van der Waals surface area contributed by atoms with Gasteiger partial charge < -0.3 is 4.90 Å². The maximum Gasteiger partial charge on any atom is 0.243 e. The minimum atomic E-state index is -3.52. The number of aryl methyl sites for hydroxylation is 3. The maximum atomic E-state index is 12.8. The van der Waals surface area contributed by atoms with Gasteiger partial charge in [0.2, 0.25) is 15.9 Å². The van der Waals surface area contributed by atoms with Gasteiger partial charge >= 0.3 is 0 Å². The van der Waals surface area contributed by atoms with Crippen molar-refractivity contribution in [2.24, 2.45) is 0 Å². The molecule has 1 saturated heterocycles. The van der Waals surface area contributed by atoms with E-state index in [-0.39, 0.29) is 16.6 Å². The van der Waals surface area contributed by atoms with Gasteiger partial charge in [0.05, 0.1) is 10.6 Å². The second-order valence-electron chi connectivity index (χ2n) is 7.43. The van der Waals surface area contributed by atoms with Crippen molar-refractivity contribution in [3.8, 4) is 0 Å². The maximum absolute atomic E-state index is 12.8. The van der Waals surface area contributed by atoms with Crippen LogP contribution in [0.4, 0.5) is 0 Å². The first-order valence-electron chi connectivity index (χ1n) is 9.97. The van der Waals surface area contributed by atoms with E-state index in [9.17, 15) is 13.2 Å². The highest BCUT2D eigenvalue weighted by atomic mass is 32.2. The number of hydrogen-bond donors (Lipinski definition) is 0. The van der Waals surface area contributed by atoms with Gasteiger partial charge in [0.25, 0.3) is 0 Å². The molecule has 0 saturated carbocycles. The third kappa shape index (κ3) is 4.48. The number of piperazine rings is 1. The molecule has 1 aliphatic heterocycles. The number of thiophene rings is 1. The van der Waals surface area contributed by atoms with Gasteiger partial charge in [-0.3, -0.25) is 4.79 Å². The lowest BCUT2D eigenvalue weighted by Crippen LogP contribution is -2.50. The van der Waals surface area contributed by atoms with E-state index in [0.29, 0.717) is 32.0 Å². The molecule has 0 spiro atoms. The highest BCUT2D eigenvalue weighted by molar-refractivity contribution is 8.00. The molecule has 0 N–H and O–H groups in total. The SMILES string of the molecule is Cc1nc(SCC(=O)N2CCN(S(=O)(=O)c3ccccc3)CC2)c2c(C)c(C)sc2n1. The van der Waals surface area contributed by atoms with E-state index in [1.54, 1.807) is 46.6 Å². The molecule has 4 rings (SSSR count). The summed E-state index contributed by atoms with van der Waals surface area (Å²) in [5.74, 6) is 0.963. The van der Waals surface area contributed by atoms with Crippen LogP contribution in [0.25, 0.3) is 10.2 Å². The number of amides is 1. The van der Waals surface area contributed by atoms with E-state index in [4.69, 9.17) is 0 Å². The normalized spacial score (nSPS) is 15.5. The van der Waals surface area contributed by atoms with Crippen LogP contribution in [0, 0.1) is 20.8 Å². The molecule has 7 nitrogen and oxygen atoms in total. The molecule has 3 heterocycles. The summed E-state index contributed by atoms with van der Waals surface area (Å²) in [5, 5.41) is 1.87. The summed E-state index contributed by atoms with van der Waals surface area (Å²) in [6.07, 6.45) is 0. The third-order valence-corrected chi connectivity index (χ3v) is 9.39. The quantitative estimate of drug-likeness (QED) is 0.415. The number of sulfonamides is 1. The molecule has 1 amide bonds.